The van der Waals surface area contributed by atoms with E-state index in [4.69, 9.17) is 22.1 Å². The Morgan fingerprint density at radius 2 is 2.03 bits per heavy atom. The molecule has 0 unspecified atom stereocenters. The van der Waals surface area contributed by atoms with E-state index < -0.39 is 0 Å². The molecule has 1 heterocycles. The van der Waals surface area contributed by atoms with Crippen LogP contribution in [0.2, 0.25) is 5.02 Å². The number of amides is 1. The van der Waals surface area contributed by atoms with Gasteiger partial charge in [0.2, 0.25) is 5.91 Å². The molecule has 1 aromatic heterocycles. The van der Waals surface area contributed by atoms with Crippen LogP contribution in [0.4, 0.5) is 0 Å². The molecule has 3 rings (SSSR count). The van der Waals surface area contributed by atoms with E-state index in [-0.39, 0.29) is 12.5 Å². The maximum atomic E-state index is 12.3. The lowest BCUT2D eigenvalue weighted by Gasteiger charge is -2.14. The van der Waals surface area contributed by atoms with E-state index in [1.54, 1.807) is 18.9 Å². The summed E-state index contributed by atoms with van der Waals surface area (Å²) in [7, 11) is 1.66. The van der Waals surface area contributed by atoms with Gasteiger partial charge < -0.3 is 15.8 Å². The van der Waals surface area contributed by atoms with Crippen molar-refractivity contribution in [3.63, 3.8) is 0 Å². The zero-order valence-electron chi connectivity index (χ0n) is 19.0. The van der Waals surface area contributed by atoms with Crippen molar-refractivity contribution in [3.8, 4) is 11.4 Å². The van der Waals surface area contributed by atoms with Gasteiger partial charge >= 0.3 is 0 Å². The molecule has 3 aromatic rings. The Bertz CT molecular complexity index is 1070. The van der Waals surface area contributed by atoms with E-state index in [1.165, 1.54) is 0 Å². The lowest BCUT2D eigenvalue weighted by Crippen LogP contribution is -2.24. The number of nitrogens with one attached hydrogen (secondary N) is 1. The molecule has 0 radical (unpaired) electrons. The van der Waals surface area contributed by atoms with Crippen molar-refractivity contribution in [3.05, 3.63) is 64.4 Å². The van der Waals surface area contributed by atoms with Crippen LogP contribution >= 0.6 is 23.4 Å². The zero-order chi connectivity index (χ0) is 23.6. The number of rotatable bonds is 12. The number of unbranched alkanes of at least 4 members (excludes halogenated alkanes) is 2. The van der Waals surface area contributed by atoms with E-state index in [9.17, 15) is 4.79 Å². The van der Waals surface area contributed by atoms with E-state index in [2.05, 4.69) is 15.5 Å². The van der Waals surface area contributed by atoms with Crippen molar-refractivity contribution < 1.29 is 9.53 Å². The molecule has 176 valence electrons. The molecule has 0 atom stereocenters. The molecule has 0 saturated heterocycles. The number of nitrogens with zero attached hydrogens (tertiary/aromatic N) is 3. The molecule has 2 aromatic carbocycles. The van der Waals surface area contributed by atoms with Gasteiger partial charge in [0.05, 0.1) is 19.3 Å². The third kappa shape index (κ3) is 7.22. The van der Waals surface area contributed by atoms with E-state index >= 15 is 0 Å². The summed E-state index contributed by atoms with van der Waals surface area (Å²) in [6.45, 7) is 2.95. The summed E-state index contributed by atoms with van der Waals surface area (Å²) < 4.78 is 7.30. The molecule has 0 spiro atoms. The Hall–Kier alpha value is -2.55. The second-order valence-electron chi connectivity index (χ2n) is 7.68. The van der Waals surface area contributed by atoms with Crippen LogP contribution in [0.15, 0.2) is 47.6 Å². The van der Waals surface area contributed by atoms with Crippen LogP contribution < -0.4 is 15.8 Å². The van der Waals surface area contributed by atoms with E-state index in [0.29, 0.717) is 29.6 Å². The van der Waals surface area contributed by atoms with E-state index in [1.807, 2.05) is 54.0 Å². The molecule has 0 aliphatic rings. The number of thioether (sulfide) groups is 1. The fourth-order valence-electron chi connectivity index (χ4n) is 3.36. The number of aromatic nitrogens is 3. The second-order valence-corrected chi connectivity index (χ2v) is 9.06. The normalized spacial score (nSPS) is 10.9. The molecule has 33 heavy (non-hydrogen) atoms. The average molecular weight is 488 g/mol. The maximum absolute atomic E-state index is 12.3. The summed E-state index contributed by atoms with van der Waals surface area (Å²) >= 11 is 7.87. The van der Waals surface area contributed by atoms with Crippen molar-refractivity contribution in [2.24, 2.45) is 5.73 Å². The molecular weight excluding hydrogens is 458 g/mol. The third-order valence-electron chi connectivity index (χ3n) is 5.17. The predicted molar refractivity (Wildman–Crippen MR) is 133 cm³/mol. The molecule has 3 N–H and O–H groups in total. The first-order valence-corrected chi connectivity index (χ1v) is 12.3. The largest absolute Gasteiger partial charge is 0.497 e. The van der Waals surface area contributed by atoms with E-state index in [0.717, 1.165) is 47.0 Å². The number of ether oxygens (including phenoxy) is 1. The van der Waals surface area contributed by atoms with Gasteiger partial charge in [0.1, 0.15) is 5.75 Å². The number of halogens is 1. The van der Waals surface area contributed by atoms with Crippen LogP contribution in [0, 0.1) is 6.92 Å². The Balaban J connectivity index is 1.79. The summed E-state index contributed by atoms with van der Waals surface area (Å²) in [4.78, 5) is 12.3. The molecule has 0 aliphatic carbocycles. The lowest BCUT2D eigenvalue weighted by atomic mass is 10.2. The number of hydrogen-bond acceptors (Lipinski definition) is 6. The highest BCUT2D eigenvalue weighted by Crippen LogP contribution is 2.29. The highest BCUT2D eigenvalue weighted by Gasteiger charge is 2.17. The highest BCUT2D eigenvalue weighted by atomic mass is 35.5. The summed E-state index contributed by atoms with van der Waals surface area (Å²) in [5, 5.41) is 13.1. The molecular formula is C24H30ClN5O2S. The summed E-state index contributed by atoms with van der Waals surface area (Å²) in [5.74, 6) is 2.16. The van der Waals surface area contributed by atoms with Crippen LogP contribution in [0.5, 0.6) is 5.75 Å². The number of benzene rings is 2. The van der Waals surface area contributed by atoms with Crippen LogP contribution in [0.25, 0.3) is 5.69 Å². The maximum Gasteiger partial charge on any atom is 0.220 e. The first-order chi connectivity index (χ1) is 16.0. The number of aryl methyl sites for hydroxylation is 1. The number of nitrogens with two attached hydrogens (primary N) is 1. The minimum atomic E-state index is -0.00466. The van der Waals surface area contributed by atoms with Crippen LogP contribution in [-0.4, -0.2) is 34.3 Å². The summed E-state index contributed by atoms with van der Waals surface area (Å²) in [6.07, 6.45) is 3.18. The first kappa shape index (κ1) is 25.1. The van der Waals surface area contributed by atoms with Gasteiger partial charge in [-0.25, -0.2) is 0 Å². The standard InChI is InChI=1S/C24H30ClN5O2S/c1-17-10-11-19(25)14-21(17)30-22(15-27-23(31)9-4-3-5-12-26)28-29-24(30)33-16-18-7-6-8-20(13-18)32-2/h6-8,10-11,13-14H,3-5,9,12,15-16,26H2,1-2H3,(H,27,31). The van der Waals surface area contributed by atoms with Crippen molar-refractivity contribution in [1.29, 1.82) is 0 Å². The Kier molecular flexibility index (Phi) is 9.60. The van der Waals surface area contributed by atoms with Crippen LogP contribution in [0.3, 0.4) is 0 Å². The SMILES string of the molecule is COc1cccc(CSc2nnc(CNC(=O)CCCCCN)n2-c2cc(Cl)ccc2C)c1. The van der Waals surface area contributed by atoms with Gasteiger partial charge in [-0.15, -0.1) is 10.2 Å². The summed E-state index contributed by atoms with van der Waals surface area (Å²) in [5.41, 5.74) is 8.57. The van der Waals surface area contributed by atoms with Gasteiger partial charge in [0, 0.05) is 17.2 Å². The zero-order valence-corrected chi connectivity index (χ0v) is 20.6. The van der Waals surface area contributed by atoms with Crippen molar-refractivity contribution in [2.75, 3.05) is 13.7 Å². The number of hydrogen-bond donors (Lipinski definition) is 2. The molecule has 0 saturated carbocycles. The minimum absolute atomic E-state index is 0.00466. The smallest absolute Gasteiger partial charge is 0.220 e. The van der Waals surface area contributed by atoms with Gasteiger partial charge in [-0.2, -0.15) is 0 Å². The molecule has 0 bridgehead atoms. The fraction of sp³-hybridized carbons (Fsp3) is 0.375. The number of methoxy groups -OCH3 is 1. The van der Waals surface area contributed by atoms with Crippen LogP contribution in [-0.2, 0) is 17.1 Å². The van der Waals surface area contributed by atoms with Crippen molar-refractivity contribution >= 4 is 29.3 Å². The van der Waals surface area contributed by atoms with Gasteiger partial charge in [0.15, 0.2) is 11.0 Å². The predicted octanol–water partition coefficient (Wildman–Crippen LogP) is 4.67. The number of carbonyl (C=O) groups excluding carboxylic acids is 1. The number of carbonyl (C=O) groups is 1. The van der Waals surface area contributed by atoms with Gasteiger partial charge in [-0.1, -0.05) is 48.0 Å². The second kappa shape index (κ2) is 12.6. The molecule has 9 heteroatoms. The van der Waals surface area contributed by atoms with Crippen molar-refractivity contribution in [1.82, 2.24) is 20.1 Å². The van der Waals surface area contributed by atoms with Crippen molar-refractivity contribution in [2.45, 2.75) is 50.1 Å². The monoisotopic (exact) mass is 487 g/mol. The van der Waals surface area contributed by atoms with Crippen LogP contribution in [0.1, 0.15) is 42.6 Å². The van der Waals surface area contributed by atoms with Gasteiger partial charge in [0.25, 0.3) is 0 Å². The lowest BCUT2D eigenvalue weighted by molar-refractivity contribution is -0.121. The molecule has 0 fully saturated rings. The Morgan fingerprint density at radius 3 is 2.82 bits per heavy atom. The van der Waals surface area contributed by atoms with Gasteiger partial charge in [-0.3, -0.25) is 9.36 Å². The molecule has 0 aliphatic heterocycles. The Morgan fingerprint density at radius 1 is 1.18 bits per heavy atom. The molecule has 1 amide bonds. The Labute approximate surface area is 204 Å². The minimum Gasteiger partial charge on any atom is -0.497 e. The topological polar surface area (TPSA) is 95.1 Å². The average Bonchev–Trinajstić information content (AvgIpc) is 3.23. The van der Waals surface area contributed by atoms with Gasteiger partial charge in [-0.05, 0) is 61.7 Å². The summed E-state index contributed by atoms with van der Waals surface area (Å²) in [6, 6.07) is 13.7. The third-order valence-corrected chi connectivity index (χ3v) is 6.40. The molecule has 7 nitrogen and oxygen atoms in total. The quantitative estimate of drug-likeness (QED) is 0.285. The highest BCUT2D eigenvalue weighted by molar-refractivity contribution is 7.98. The first-order valence-electron chi connectivity index (χ1n) is 10.9. The fourth-order valence-corrected chi connectivity index (χ4v) is 4.43.